The molecule has 1 atom stereocenters. The lowest BCUT2D eigenvalue weighted by molar-refractivity contribution is -0.132. The first-order valence-corrected chi connectivity index (χ1v) is 13.7. The van der Waals surface area contributed by atoms with Gasteiger partial charge in [0, 0.05) is 25.4 Å². The fraction of sp³-hybridized carbons (Fsp3) is 0.419. The SMILES string of the molecule is COc1ccc(NC(=O)N(CC(=O)N(CCc2ccc(OC)c(OC)c2)Cc2ccc(C)o2)CC2CCCO2)cc1. The predicted octanol–water partition coefficient (Wildman–Crippen LogP) is 4.90. The van der Waals surface area contributed by atoms with Crippen LogP contribution in [-0.2, 0) is 22.5 Å². The summed E-state index contributed by atoms with van der Waals surface area (Å²) in [6.45, 7) is 3.44. The number of nitrogens with zero attached hydrogens (tertiary/aromatic N) is 2. The Bertz CT molecular complexity index is 1290. The number of carbonyl (C=O) groups excluding carboxylic acids is 2. The number of hydrogen-bond donors (Lipinski definition) is 1. The molecule has 41 heavy (non-hydrogen) atoms. The quantitative estimate of drug-likeness (QED) is 0.315. The molecule has 3 aromatic rings. The van der Waals surface area contributed by atoms with E-state index < -0.39 is 0 Å². The molecular weight excluding hydrogens is 526 g/mol. The number of aryl methyl sites for hydroxylation is 1. The number of nitrogens with one attached hydrogen (secondary N) is 1. The Balaban J connectivity index is 1.50. The summed E-state index contributed by atoms with van der Waals surface area (Å²) in [5.41, 5.74) is 1.60. The number of hydrogen-bond acceptors (Lipinski definition) is 7. The van der Waals surface area contributed by atoms with Gasteiger partial charge in [-0.15, -0.1) is 0 Å². The van der Waals surface area contributed by atoms with Crippen LogP contribution in [0.1, 0.15) is 29.9 Å². The fourth-order valence-electron chi connectivity index (χ4n) is 4.74. The van der Waals surface area contributed by atoms with Gasteiger partial charge < -0.3 is 38.5 Å². The molecule has 0 bridgehead atoms. The van der Waals surface area contributed by atoms with Crippen LogP contribution in [0.3, 0.4) is 0 Å². The molecule has 10 heteroatoms. The van der Waals surface area contributed by atoms with Crippen LogP contribution in [0.5, 0.6) is 17.2 Å². The van der Waals surface area contributed by atoms with Gasteiger partial charge in [0.2, 0.25) is 5.91 Å². The zero-order chi connectivity index (χ0) is 29.2. The van der Waals surface area contributed by atoms with Crippen LogP contribution in [0, 0.1) is 6.92 Å². The average Bonchev–Trinajstić information content (AvgIpc) is 3.66. The highest BCUT2D eigenvalue weighted by Crippen LogP contribution is 2.28. The van der Waals surface area contributed by atoms with Crippen LogP contribution in [0.2, 0.25) is 0 Å². The number of furan rings is 1. The molecule has 4 rings (SSSR count). The number of urea groups is 1. The molecule has 1 saturated heterocycles. The maximum Gasteiger partial charge on any atom is 0.322 e. The van der Waals surface area contributed by atoms with E-state index in [1.807, 2.05) is 37.3 Å². The fourth-order valence-corrected chi connectivity index (χ4v) is 4.74. The van der Waals surface area contributed by atoms with E-state index in [1.54, 1.807) is 50.5 Å². The first-order chi connectivity index (χ1) is 19.9. The molecule has 0 spiro atoms. The third-order valence-corrected chi connectivity index (χ3v) is 7.02. The zero-order valence-electron chi connectivity index (χ0n) is 24.2. The second-order valence-corrected chi connectivity index (χ2v) is 9.94. The Morgan fingerprint density at radius 3 is 2.37 bits per heavy atom. The van der Waals surface area contributed by atoms with Crippen molar-refractivity contribution in [3.05, 3.63) is 71.7 Å². The van der Waals surface area contributed by atoms with Crippen molar-refractivity contribution in [1.82, 2.24) is 9.80 Å². The molecule has 2 aromatic carbocycles. The maximum atomic E-state index is 13.8. The molecule has 1 aliphatic heterocycles. The number of anilines is 1. The first-order valence-electron chi connectivity index (χ1n) is 13.7. The minimum atomic E-state index is -0.368. The van der Waals surface area contributed by atoms with Crippen LogP contribution < -0.4 is 19.5 Å². The first kappa shape index (κ1) is 29.8. The highest BCUT2D eigenvalue weighted by atomic mass is 16.5. The van der Waals surface area contributed by atoms with Crippen LogP contribution >= 0.6 is 0 Å². The summed E-state index contributed by atoms with van der Waals surface area (Å²) < 4.78 is 27.6. The van der Waals surface area contributed by atoms with Crippen molar-refractivity contribution in [2.75, 3.05) is 52.9 Å². The van der Waals surface area contributed by atoms with E-state index in [1.165, 1.54) is 4.90 Å². The van der Waals surface area contributed by atoms with E-state index >= 15 is 0 Å². The van der Waals surface area contributed by atoms with Gasteiger partial charge in [-0.2, -0.15) is 0 Å². The summed E-state index contributed by atoms with van der Waals surface area (Å²) in [6.07, 6.45) is 2.24. The van der Waals surface area contributed by atoms with Gasteiger partial charge in [0.1, 0.15) is 23.8 Å². The molecule has 1 fully saturated rings. The third kappa shape index (κ3) is 8.40. The van der Waals surface area contributed by atoms with Crippen molar-refractivity contribution >= 4 is 17.6 Å². The number of benzene rings is 2. The van der Waals surface area contributed by atoms with Gasteiger partial charge in [0.15, 0.2) is 11.5 Å². The standard InChI is InChI=1S/C31H39N3O7/c1-22-7-11-27(41-22)20-33(16-15-23-8-14-28(38-3)29(18-23)39-4)30(35)21-34(19-26-6-5-17-40-26)31(36)32-24-9-12-25(37-2)13-10-24/h7-14,18,26H,5-6,15-17,19-21H2,1-4H3,(H,32,36). The molecule has 0 saturated carbocycles. The van der Waals surface area contributed by atoms with E-state index in [-0.39, 0.29) is 31.1 Å². The normalized spacial score (nSPS) is 14.4. The lowest BCUT2D eigenvalue weighted by Crippen LogP contribution is -2.47. The molecule has 1 unspecified atom stereocenters. The van der Waals surface area contributed by atoms with Crippen molar-refractivity contribution in [3.8, 4) is 17.2 Å². The van der Waals surface area contributed by atoms with Crippen molar-refractivity contribution in [2.24, 2.45) is 0 Å². The highest BCUT2D eigenvalue weighted by Gasteiger charge is 2.27. The Hall–Kier alpha value is -4.18. The van der Waals surface area contributed by atoms with E-state index in [2.05, 4.69) is 5.32 Å². The molecule has 0 aliphatic carbocycles. The second-order valence-electron chi connectivity index (χ2n) is 9.94. The minimum Gasteiger partial charge on any atom is -0.497 e. The molecule has 10 nitrogen and oxygen atoms in total. The lowest BCUT2D eigenvalue weighted by atomic mass is 10.1. The highest BCUT2D eigenvalue weighted by molar-refractivity contribution is 5.92. The average molecular weight is 566 g/mol. The molecule has 1 N–H and O–H groups in total. The van der Waals surface area contributed by atoms with Gasteiger partial charge in [-0.1, -0.05) is 6.07 Å². The Morgan fingerprint density at radius 1 is 0.951 bits per heavy atom. The molecular formula is C31H39N3O7. The summed E-state index contributed by atoms with van der Waals surface area (Å²) in [5.74, 6) is 3.21. The smallest absolute Gasteiger partial charge is 0.322 e. The van der Waals surface area contributed by atoms with Gasteiger partial charge >= 0.3 is 6.03 Å². The van der Waals surface area contributed by atoms with Gasteiger partial charge in [-0.3, -0.25) is 4.79 Å². The van der Waals surface area contributed by atoms with E-state index in [0.717, 1.165) is 24.2 Å². The van der Waals surface area contributed by atoms with Gasteiger partial charge in [-0.05, 0) is 80.3 Å². The Kier molecular flexibility index (Phi) is 10.5. The monoisotopic (exact) mass is 565 g/mol. The number of ether oxygens (including phenoxy) is 4. The number of carbonyl (C=O) groups is 2. The molecule has 220 valence electrons. The summed E-state index contributed by atoms with van der Waals surface area (Å²) in [5, 5.41) is 2.91. The largest absolute Gasteiger partial charge is 0.497 e. The summed E-state index contributed by atoms with van der Waals surface area (Å²) in [6, 6.07) is 16.1. The zero-order valence-corrected chi connectivity index (χ0v) is 24.2. The Morgan fingerprint density at radius 2 is 1.73 bits per heavy atom. The van der Waals surface area contributed by atoms with Gasteiger partial charge in [-0.25, -0.2) is 4.79 Å². The minimum absolute atomic E-state index is 0.104. The summed E-state index contributed by atoms with van der Waals surface area (Å²) >= 11 is 0. The summed E-state index contributed by atoms with van der Waals surface area (Å²) in [7, 11) is 4.77. The van der Waals surface area contributed by atoms with Crippen molar-refractivity contribution in [1.29, 1.82) is 0 Å². The second kappa shape index (κ2) is 14.5. The van der Waals surface area contributed by atoms with Crippen molar-refractivity contribution in [2.45, 2.75) is 38.8 Å². The third-order valence-electron chi connectivity index (χ3n) is 7.02. The van der Waals surface area contributed by atoms with Gasteiger partial charge in [0.25, 0.3) is 0 Å². The van der Waals surface area contributed by atoms with Crippen LogP contribution in [0.4, 0.5) is 10.5 Å². The summed E-state index contributed by atoms with van der Waals surface area (Å²) in [4.78, 5) is 30.4. The lowest BCUT2D eigenvalue weighted by Gasteiger charge is -2.29. The number of rotatable bonds is 13. The van der Waals surface area contributed by atoms with Crippen LogP contribution in [-0.4, -0.2) is 75.4 Å². The molecule has 0 radical (unpaired) electrons. The number of methoxy groups -OCH3 is 3. The van der Waals surface area contributed by atoms with Gasteiger partial charge in [0.05, 0.1) is 34.0 Å². The van der Waals surface area contributed by atoms with E-state index in [4.69, 9.17) is 23.4 Å². The topological polar surface area (TPSA) is 103 Å². The van der Waals surface area contributed by atoms with E-state index in [0.29, 0.717) is 54.8 Å². The van der Waals surface area contributed by atoms with E-state index in [9.17, 15) is 9.59 Å². The molecule has 2 heterocycles. The maximum absolute atomic E-state index is 13.8. The molecule has 1 aliphatic rings. The van der Waals surface area contributed by atoms with Crippen molar-refractivity contribution < 1.29 is 33.0 Å². The van der Waals surface area contributed by atoms with Crippen molar-refractivity contribution in [3.63, 3.8) is 0 Å². The van der Waals surface area contributed by atoms with Crippen LogP contribution in [0.15, 0.2) is 59.0 Å². The molecule has 1 aromatic heterocycles. The predicted molar refractivity (Wildman–Crippen MR) is 155 cm³/mol. The Labute approximate surface area is 241 Å². The van der Waals surface area contributed by atoms with Crippen LogP contribution in [0.25, 0.3) is 0 Å². The number of amides is 3. The molecule has 3 amide bonds.